The highest BCUT2D eigenvalue weighted by atomic mass is 16.2. The molecule has 0 aliphatic rings. The third kappa shape index (κ3) is 6.02. The van der Waals surface area contributed by atoms with E-state index in [1.807, 2.05) is 42.5 Å². The number of H-pyrrole nitrogens is 1. The number of amides is 2. The molecule has 1 atom stereocenters. The van der Waals surface area contributed by atoms with Crippen LogP contribution in [0.5, 0.6) is 0 Å². The molecule has 3 N–H and O–H groups in total. The highest BCUT2D eigenvalue weighted by Crippen LogP contribution is 2.17. The van der Waals surface area contributed by atoms with Crippen molar-refractivity contribution in [3.05, 3.63) is 83.6 Å². The molecule has 162 valence electrons. The predicted octanol–water partition coefficient (Wildman–Crippen LogP) is 3.75. The summed E-state index contributed by atoms with van der Waals surface area (Å²) >= 11 is 0. The van der Waals surface area contributed by atoms with Crippen LogP contribution in [0.15, 0.2) is 66.9 Å². The molecule has 0 aliphatic carbocycles. The van der Waals surface area contributed by atoms with Crippen molar-refractivity contribution in [2.75, 3.05) is 11.9 Å². The number of nitrogens with zero attached hydrogens (tertiary/aromatic N) is 2. The zero-order chi connectivity index (χ0) is 22.2. The average Bonchev–Trinajstić information content (AvgIpc) is 3.29. The first-order valence-electron chi connectivity index (χ1n) is 10.5. The van der Waals surface area contributed by atoms with Gasteiger partial charge in [-0.2, -0.15) is 5.10 Å². The molecule has 0 spiro atoms. The number of aromatic amines is 1. The van der Waals surface area contributed by atoms with Gasteiger partial charge in [-0.05, 0) is 43.7 Å². The van der Waals surface area contributed by atoms with Crippen LogP contribution in [-0.2, 0) is 11.3 Å². The normalized spacial score (nSPS) is 12.0. The van der Waals surface area contributed by atoms with Crippen molar-refractivity contribution in [3.63, 3.8) is 0 Å². The smallest absolute Gasteiger partial charge is 0.252 e. The summed E-state index contributed by atoms with van der Waals surface area (Å²) in [6.07, 6.45) is 1.55. The fourth-order valence-corrected chi connectivity index (χ4v) is 3.35. The van der Waals surface area contributed by atoms with Gasteiger partial charge in [-0.1, -0.05) is 49.4 Å². The third-order valence-electron chi connectivity index (χ3n) is 5.17. The molecule has 1 unspecified atom stereocenters. The lowest BCUT2D eigenvalue weighted by Crippen LogP contribution is -2.37. The molecule has 3 rings (SSSR count). The van der Waals surface area contributed by atoms with Crippen molar-refractivity contribution in [3.8, 4) is 0 Å². The van der Waals surface area contributed by atoms with E-state index in [9.17, 15) is 9.59 Å². The summed E-state index contributed by atoms with van der Waals surface area (Å²) in [5.74, 6) is -0.192. The van der Waals surface area contributed by atoms with Gasteiger partial charge in [0.1, 0.15) is 11.9 Å². The minimum absolute atomic E-state index is 0.309. The van der Waals surface area contributed by atoms with Crippen molar-refractivity contribution in [1.82, 2.24) is 20.4 Å². The fraction of sp³-hybridized carbons (Fsp3) is 0.292. The van der Waals surface area contributed by atoms with Crippen molar-refractivity contribution in [2.24, 2.45) is 0 Å². The standard InChI is InChI=1S/C24H29N5O2/c1-4-29(17(2)3)16-18-10-12-20(13-11-18)23(30)27-22(19-8-6-5-7-9-19)24(31)26-21-14-15-25-28-21/h5-15,17,22H,4,16H2,1-3H3,(H,27,30)(H2,25,26,28,31). The lowest BCUT2D eigenvalue weighted by molar-refractivity contribution is -0.118. The van der Waals surface area contributed by atoms with Crippen LogP contribution in [0.2, 0.25) is 0 Å². The summed E-state index contributed by atoms with van der Waals surface area (Å²) in [5.41, 5.74) is 2.34. The molecule has 7 nitrogen and oxygen atoms in total. The Hall–Kier alpha value is -3.45. The summed E-state index contributed by atoms with van der Waals surface area (Å²) in [7, 11) is 0. The van der Waals surface area contributed by atoms with Gasteiger partial charge >= 0.3 is 0 Å². The van der Waals surface area contributed by atoms with E-state index in [4.69, 9.17) is 0 Å². The van der Waals surface area contributed by atoms with Crippen LogP contribution in [0, 0.1) is 0 Å². The van der Waals surface area contributed by atoms with E-state index >= 15 is 0 Å². The first-order chi connectivity index (χ1) is 15.0. The maximum atomic E-state index is 12.9. The molecule has 0 bridgehead atoms. The van der Waals surface area contributed by atoms with Crippen molar-refractivity contribution < 1.29 is 9.59 Å². The minimum Gasteiger partial charge on any atom is -0.336 e. The van der Waals surface area contributed by atoms with Gasteiger partial charge in [-0.25, -0.2) is 0 Å². The van der Waals surface area contributed by atoms with Gasteiger partial charge in [0.15, 0.2) is 0 Å². The summed E-state index contributed by atoms with van der Waals surface area (Å²) in [6, 6.07) is 17.9. The monoisotopic (exact) mass is 419 g/mol. The van der Waals surface area contributed by atoms with Crippen LogP contribution in [0.4, 0.5) is 5.82 Å². The van der Waals surface area contributed by atoms with E-state index < -0.39 is 6.04 Å². The first kappa shape index (κ1) is 22.2. The number of nitrogens with one attached hydrogen (secondary N) is 3. The lowest BCUT2D eigenvalue weighted by atomic mass is 10.0. The molecule has 31 heavy (non-hydrogen) atoms. The lowest BCUT2D eigenvalue weighted by Gasteiger charge is -2.24. The molecule has 2 amide bonds. The zero-order valence-corrected chi connectivity index (χ0v) is 18.1. The summed E-state index contributed by atoms with van der Waals surface area (Å²) in [5, 5.41) is 12.1. The highest BCUT2D eigenvalue weighted by molar-refractivity contribution is 6.01. The number of hydrogen-bond donors (Lipinski definition) is 3. The molecule has 0 radical (unpaired) electrons. The molecule has 2 aromatic carbocycles. The number of rotatable bonds is 9. The summed E-state index contributed by atoms with van der Waals surface area (Å²) < 4.78 is 0. The zero-order valence-electron chi connectivity index (χ0n) is 18.1. The Kier molecular flexibility index (Phi) is 7.56. The van der Waals surface area contributed by atoms with Gasteiger partial charge in [0.05, 0.1) is 6.20 Å². The molecule has 0 aliphatic heterocycles. The number of hydrogen-bond acceptors (Lipinski definition) is 4. The number of benzene rings is 2. The molecule has 0 saturated carbocycles. The second-order valence-corrected chi connectivity index (χ2v) is 7.63. The van der Waals surface area contributed by atoms with E-state index in [0.29, 0.717) is 23.0 Å². The average molecular weight is 420 g/mol. The molecular formula is C24H29N5O2. The Morgan fingerprint density at radius 2 is 1.74 bits per heavy atom. The maximum Gasteiger partial charge on any atom is 0.252 e. The second-order valence-electron chi connectivity index (χ2n) is 7.63. The quantitative estimate of drug-likeness (QED) is 0.493. The van der Waals surface area contributed by atoms with Crippen LogP contribution >= 0.6 is 0 Å². The Bertz CT molecular complexity index is 969. The minimum atomic E-state index is -0.840. The van der Waals surface area contributed by atoms with Gasteiger partial charge in [0.25, 0.3) is 11.8 Å². The van der Waals surface area contributed by atoms with Gasteiger partial charge in [0, 0.05) is 24.2 Å². The summed E-state index contributed by atoms with van der Waals surface area (Å²) in [6.45, 7) is 8.27. The van der Waals surface area contributed by atoms with Gasteiger partial charge in [-0.3, -0.25) is 19.6 Å². The van der Waals surface area contributed by atoms with Crippen LogP contribution in [0.3, 0.4) is 0 Å². The molecule has 7 heteroatoms. The van der Waals surface area contributed by atoms with Crippen molar-refractivity contribution in [2.45, 2.75) is 39.4 Å². The van der Waals surface area contributed by atoms with E-state index in [1.54, 1.807) is 24.4 Å². The first-order valence-corrected chi connectivity index (χ1v) is 10.5. The molecule has 0 fully saturated rings. The van der Waals surface area contributed by atoms with E-state index in [2.05, 4.69) is 46.5 Å². The topological polar surface area (TPSA) is 90.1 Å². The highest BCUT2D eigenvalue weighted by Gasteiger charge is 2.24. The maximum absolute atomic E-state index is 12.9. The van der Waals surface area contributed by atoms with Crippen molar-refractivity contribution in [1.29, 1.82) is 0 Å². The van der Waals surface area contributed by atoms with Crippen LogP contribution < -0.4 is 10.6 Å². The van der Waals surface area contributed by atoms with Gasteiger partial charge < -0.3 is 10.6 Å². The predicted molar refractivity (Wildman–Crippen MR) is 122 cm³/mol. The fourth-order valence-electron chi connectivity index (χ4n) is 3.35. The number of anilines is 1. The molecule has 1 aromatic heterocycles. The number of carbonyl (C=O) groups is 2. The summed E-state index contributed by atoms with van der Waals surface area (Å²) in [4.78, 5) is 28.1. The third-order valence-corrected chi connectivity index (χ3v) is 5.17. The Morgan fingerprint density at radius 1 is 1.03 bits per heavy atom. The van der Waals surface area contributed by atoms with Gasteiger partial charge in [0.2, 0.25) is 0 Å². The SMILES string of the molecule is CCN(Cc1ccc(C(=O)NC(C(=O)Nc2ccn[nH]2)c2ccccc2)cc1)C(C)C. The molecular weight excluding hydrogens is 390 g/mol. The second kappa shape index (κ2) is 10.5. The Labute approximate surface area is 182 Å². The number of carbonyl (C=O) groups excluding carboxylic acids is 2. The van der Waals surface area contributed by atoms with Crippen LogP contribution in [0.1, 0.15) is 48.3 Å². The van der Waals surface area contributed by atoms with Crippen molar-refractivity contribution >= 4 is 17.6 Å². The Balaban J connectivity index is 1.73. The van der Waals surface area contributed by atoms with E-state index in [-0.39, 0.29) is 11.8 Å². The molecule has 0 saturated heterocycles. The van der Waals surface area contributed by atoms with Gasteiger partial charge in [-0.15, -0.1) is 0 Å². The van der Waals surface area contributed by atoms with E-state index in [1.165, 1.54) is 0 Å². The number of aromatic nitrogens is 2. The molecule has 3 aromatic rings. The molecule has 1 heterocycles. The van der Waals surface area contributed by atoms with E-state index in [0.717, 1.165) is 18.7 Å². The van der Waals surface area contributed by atoms with Crippen LogP contribution in [-0.4, -0.2) is 39.5 Å². The van der Waals surface area contributed by atoms with Crippen LogP contribution in [0.25, 0.3) is 0 Å². The largest absolute Gasteiger partial charge is 0.336 e. The Morgan fingerprint density at radius 3 is 2.32 bits per heavy atom.